The number of pyridine rings is 1. The molecule has 0 N–H and O–H groups in total. The Hall–Kier alpha value is -0.940. The van der Waals surface area contributed by atoms with Crippen LogP contribution < -0.4 is 4.74 Å². The highest BCUT2D eigenvalue weighted by molar-refractivity contribution is 8.00. The molecule has 1 amide bonds. The Morgan fingerprint density at radius 3 is 2.81 bits per heavy atom. The van der Waals surface area contributed by atoms with Gasteiger partial charge in [0, 0.05) is 17.5 Å². The van der Waals surface area contributed by atoms with Gasteiger partial charge in [-0.15, -0.1) is 11.8 Å². The SMILES string of the molecule is O=C(CSC1CCCC1)N1CC(Oc2ccc(Cl)cn2)C1. The van der Waals surface area contributed by atoms with Crippen molar-refractivity contribution in [1.29, 1.82) is 0 Å². The molecule has 1 aliphatic heterocycles. The number of thioether (sulfide) groups is 1. The van der Waals surface area contributed by atoms with Crippen LogP contribution in [0.5, 0.6) is 5.88 Å². The van der Waals surface area contributed by atoms with Gasteiger partial charge in [0.2, 0.25) is 11.8 Å². The Kier molecular flexibility index (Phi) is 4.91. The second-order valence-electron chi connectivity index (χ2n) is 5.57. The fourth-order valence-electron chi connectivity index (χ4n) is 2.65. The van der Waals surface area contributed by atoms with E-state index in [9.17, 15) is 4.79 Å². The van der Waals surface area contributed by atoms with Gasteiger partial charge in [-0.25, -0.2) is 4.98 Å². The monoisotopic (exact) mass is 326 g/mol. The number of halogens is 1. The number of likely N-dealkylation sites (tertiary alicyclic amines) is 1. The van der Waals surface area contributed by atoms with Crippen LogP contribution in [0.3, 0.4) is 0 Å². The lowest BCUT2D eigenvalue weighted by molar-refractivity contribution is -0.137. The van der Waals surface area contributed by atoms with Gasteiger partial charge < -0.3 is 9.64 Å². The summed E-state index contributed by atoms with van der Waals surface area (Å²) in [6.45, 7) is 1.32. The van der Waals surface area contributed by atoms with Crippen molar-refractivity contribution in [3.63, 3.8) is 0 Å². The molecular formula is C15H19ClN2O2S. The van der Waals surface area contributed by atoms with Crippen LogP contribution >= 0.6 is 23.4 Å². The van der Waals surface area contributed by atoms with Crippen molar-refractivity contribution in [2.45, 2.75) is 37.0 Å². The van der Waals surface area contributed by atoms with Crippen LogP contribution in [0, 0.1) is 0 Å². The quantitative estimate of drug-likeness (QED) is 0.834. The first-order chi connectivity index (χ1) is 10.2. The summed E-state index contributed by atoms with van der Waals surface area (Å²) in [5.41, 5.74) is 0. The van der Waals surface area contributed by atoms with Crippen LogP contribution in [-0.4, -0.2) is 46.0 Å². The van der Waals surface area contributed by atoms with E-state index < -0.39 is 0 Å². The first-order valence-electron chi connectivity index (χ1n) is 7.38. The molecule has 2 fully saturated rings. The molecule has 0 spiro atoms. The average Bonchev–Trinajstić information content (AvgIpc) is 2.95. The van der Waals surface area contributed by atoms with Gasteiger partial charge in [-0.1, -0.05) is 24.4 Å². The summed E-state index contributed by atoms with van der Waals surface area (Å²) in [6.07, 6.45) is 6.80. The minimum Gasteiger partial charge on any atom is -0.471 e. The lowest BCUT2D eigenvalue weighted by Crippen LogP contribution is -2.56. The molecule has 1 aromatic rings. The van der Waals surface area contributed by atoms with Gasteiger partial charge in [0.15, 0.2) is 0 Å². The van der Waals surface area contributed by atoms with Gasteiger partial charge in [-0.3, -0.25) is 4.79 Å². The standard InChI is InChI=1S/C15H19ClN2O2S/c16-11-5-6-14(17-7-11)20-12-8-18(9-12)15(19)10-21-13-3-1-2-4-13/h5-7,12-13H,1-4,8-10H2. The van der Waals surface area contributed by atoms with Crippen LogP contribution in [0.25, 0.3) is 0 Å². The molecule has 0 aromatic carbocycles. The average molecular weight is 327 g/mol. The molecule has 1 aliphatic carbocycles. The molecule has 2 aliphatic rings. The van der Waals surface area contributed by atoms with Gasteiger partial charge in [0.05, 0.1) is 23.9 Å². The maximum atomic E-state index is 12.0. The number of nitrogens with zero attached hydrogens (tertiary/aromatic N) is 2. The van der Waals surface area contributed by atoms with Crippen LogP contribution in [0.2, 0.25) is 5.02 Å². The minimum absolute atomic E-state index is 0.0547. The molecule has 3 rings (SSSR count). The zero-order valence-electron chi connectivity index (χ0n) is 11.8. The molecule has 0 atom stereocenters. The molecule has 1 aromatic heterocycles. The summed E-state index contributed by atoms with van der Waals surface area (Å²) in [6, 6.07) is 3.51. The number of rotatable bonds is 5. The van der Waals surface area contributed by atoms with Gasteiger partial charge in [-0.05, 0) is 18.9 Å². The van der Waals surface area contributed by atoms with E-state index in [0.29, 0.717) is 35.0 Å². The highest BCUT2D eigenvalue weighted by Crippen LogP contribution is 2.30. The smallest absolute Gasteiger partial charge is 0.232 e. The zero-order chi connectivity index (χ0) is 14.7. The largest absolute Gasteiger partial charge is 0.471 e. The first-order valence-corrected chi connectivity index (χ1v) is 8.81. The lowest BCUT2D eigenvalue weighted by atomic mass is 10.2. The molecule has 1 saturated heterocycles. The fraction of sp³-hybridized carbons (Fsp3) is 0.600. The Bertz CT molecular complexity index is 485. The third-order valence-corrected chi connectivity index (χ3v) is 5.51. The topological polar surface area (TPSA) is 42.4 Å². The predicted molar refractivity (Wildman–Crippen MR) is 85.0 cm³/mol. The highest BCUT2D eigenvalue weighted by atomic mass is 35.5. The van der Waals surface area contributed by atoms with E-state index in [2.05, 4.69) is 4.98 Å². The molecule has 114 valence electrons. The molecule has 0 radical (unpaired) electrons. The van der Waals surface area contributed by atoms with E-state index >= 15 is 0 Å². The number of carbonyl (C=O) groups is 1. The molecule has 2 heterocycles. The minimum atomic E-state index is 0.0547. The van der Waals surface area contributed by atoms with Gasteiger partial charge in [0.25, 0.3) is 0 Å². The van der Waals surface area contributed by atoms with Crippen LogP contribution in [0.4, 0.5) is 0 Å². The van der Waals surface area contributed by atoms with E-state index in [-0.39, 0.29) is 12.0 Å². The molecule has 21 heavy (non-hydrogen) atoms. The van der Waals surface area contributed by atoms with E-state index in [1.165, 1.54) is 25.7 Å². The van der Waals surface area contributed by atoms with Crippen LogP contribution in [-0.2, 0) is 4.79 Å². The van der Waals surface area contributed by atoms with Crippen molar-refractivity contribution in [2.75, 3.05) is 18.8 Å². The van der Waals surface area contributed by atoms with Crippen molar-refractivity contribution in [2.24, 2.45) is 0 Å². The van der Waals surface area contributed by atoms with Crippen molar-refractivity contribution < 1.29 is 9.53 Å². The van der Waals surface area contributed by atoms with Crippen molar-refractivity contribution in [1.82, 2.24) is 9.88 Å². The van der Waals surface area contributed by atoms with Crippen LogP contribution in [0.1, 0.15) is 25.7 Å². The Morgan fingerprint density at radius 1 is 1.38 bits per heavy atom. The number of aromatic nitrogens is 1. The van der Waals surface area contributed by atoms with Crippen molar-refractivity contribution >= 4 is 29.3 Å². The van der Waals surface area contributed by atoms with E-state index in [1.54, 1.807) is 18.3 Å². The molecule has 1 saturated carbocycles. The maximum Gasteiger partial charge on any atom is 0.232 e. The Balaban J connectivity index is 1.36. The Labute approximate surface area is 134 Å². The van der Waals surface area contributed by atoms with Crippen LogP contribution in [0.15, 0.2) is 18.3 Å². The zero-order valence-corrected chi connectivity index (χ0v) is 13.4. The number of amides is 1. The number of hydrogen-bond donors (Lipinski definition) is 0. The van der Waals surface area contributed by atoms with Gasteiger partial charge >= 0.3 is 0 Å². The highest BCUT2D eigenvalue weighted by Gasteiger charge is 2.32. The predicted octanol–water partition coefficient (Wildman–Crippen LogP) is 3.00. The first kappa shape index (κ1) is 15.0. The van der Waals surface area contributed by atoms with Crippen molar-refractivity contribution in [3.8, 4) is 5.88 Å². The third-order valence-electron chi connectivity index (χ3n) is 3.93. The summed E-state index contributed by atoms with van der Waals surface area (Å²) in [4.78, 5) is 18.0. The fourth-order valence-corrected chi connectivity index (χ4v) is 3.99. The second-order valence-corrected chi connectivity index (χ2v) is 7.30. The maximum absolute atomic E-state index is 12.0. The third kappa shape index (κ3) is 4.04. The Morgan fingerprint density at radius 2 is 2.14 bits per heavy atom. The number of hydrogen-bond acceptors (Lipinski definition) is 4. The number of ether oxygens (including phenoxy) is 1. The lowest BCUT2D eigenvalue weighted by Gasteiger charge is -2.38. The number of carbonyl (C=O) groups excluding carboxylic acids is 1. The summed E-state index contributed by atoms with van der Waals surface area (Å²) in [5.74, 6) is 1.41. The van der Waals surface area contributed by atoms with Gasteiger partial charge in [0.1, 0.15) is 6.10 Å². The van der Waals surface area contributed by atoms with E-state index in [0.717, 1.165) is 0 Å². The molecule has 4 nitrogen and oxygen atoms in total. The molecule has 6 heteroatoms. The second kappa shape index (κ2) is 6.88. The summed E-state index contributed by atoms with van der Waals surface area (Å²) < 4.78 is 5.69. The summed E-state index contributed by atoms with van der Waals surface area (Å²) in [5, 5.41) is 1.29. The van der Waals surface area contributed by atoms with E-state index in [1.807, 2.05) is 16.7 Å². The molecule has 0 bridgehead atoms. The summed E-state index contributed by atoms with van der Waals surface area (Å²) in [7, 11) is 0. The molecular weight excluding hydrogens is 308 g/mol. The van der Waals surface area contributed by atoms with Crippen molar-refractivity contribution in [3.05, 3.63) is 23.4 Å². The summed E-state index contributed by atoms with van der Waals surface area (Å²) >= 11 is 7.59. The van der Waals surface area contributed by atoms with Gasteiger partial charge in [-0.2, -0.15) is 0 Å². The normalized spacial score (nSPS) is 19.6. The molecule has 0 unspecified atom stereocenters. The van der Waals surface area contributed by atoms with E-state index in [4.69, 9.17) is 16.3 Å².